The van der Waals surface area contributed by atoms with E-state index in [2.05, 4.69) is 10.6 Å². The van der Waals surface area contributed by atoms with Crippen LogP contribution in [-0.2, 0) is 14.4 Å². The minimum Gasteiger partial charge on any atom is -0.477 e. The third-order valence-corrected chi connectivity index (χ3v) is 8.32. The van der Waals surface area contributed by atoms with E-state index in [4.69, 9.17) is 5.73 Å². The summed E-state index contributed by atoms with van der Waals surface area (Å²) in [6.07, 6.45) is 0.783. The topological polar surface area (TPSA) is 145 Å². The Morgan fingerprint density at radius 2 is 2.00 bits per heavy atom. The van der Waals surface area contributed by atoms with Crippen LogP contribution in [0, 0.1) is 17.8 Å². The Bertz CT molecular complexity index is 772. The van der Waals surface area contributed by atoms with Gasteiger partial charge in [-0.1, -0.05) is 6.92 Å². The van der Waals surface area contributed by atoms with E-state index in [0.717, 1.165) is 24.4 Å². The zero-order chi connectivity index (χ0) is 21.0. The first-order valence-corrected chi connectivity index (χ1v) is 11.0. The molecule has 9 nitrogen and oxygen atoms in total. The molecule has 0 radical (unpaired) electrons. The van der Waals surface area contributed by atoms with Gasteiger partial charge >= 0.3 is 5.97 Å². The van der Waals surface area contributed by atoms with Gasteiger partial charge in [-0.2, -0.15) is 0 Å². The van der Waals surface area contributed by atoms with E-state index in [9.17, 15) is 24.6 Å². The lowest BCUT2D eigenvalue weighted by Crippen LogP contribution is -2.63. The van der Waals surface area contributed by atoms with Gasteiger partial charge in [0.25, 0.3) is 0 Å². The molecule has 0 saturated carbocycles. The first-order chi connectivity index (χ1) is 13.7. The van der Waals surface area contributed by atoms with E-state index in [1.54, 1.807) is 18.7 Å². The van der Waals surface area contributed by atoms with Gasteiger partial charge in [-0.05, 0) is 25.7 Å². The van der Waals surface area contributed by atoms with Crippen LogP contribution in [0.3, 0.4) is 0 Å². The van der Waals surface area contributed by atoms with E-state index in [0.29, 0.717) is 12.3 Å². The Balaban J connectivity index is 1.45. The van der Waals surface area contributed by atoms with Crippen molar-refractivity contribution in [3.05, 3.63) is 10.6 Å². The molecule has 8 atom stereocenters. The van der Waals surface area contributed by atoms with E-state index < -0.39 is 18.0 Å². The maximum Gasteiger partial charge on any atom is 0.353 e. The Morgan fingerprint density at radius 3 is 2.59 bits per heavy atom. The third kappa shape index (κ3) is 3.35. The summed E-state index contributed by atoms with van der Waals surface area (Å²) in [7, 11) is 0. The Kier molecular flexibility index (Phi) is 5.39. The number of thioether (sulfide) groups is 1. The molecule has 0 spiro atoms. The molecule has 4 rings (SSSR count). The summed E-state index contributed by atoms with van der Waals surface area (Å²) in [6.45, 7) is 5.01. The SMILES string of the molecule is C[C@@H](O)C1C(=O)N2C(C(=O)O)=C(S[C@@H]3CN[C@H](C4CNC(C(N)=O)C4)C3)[C@H](C)[C@@H]12. The Hall–Kier alpha value is -1.62. The first kappa shape index (κ1) is 20.6. The highest BCUT2D eigenvalue weighted by atomic mass is 32.2. The second-order valence-electron chi connectivity index (χ2n) is 8.62. The molecular weight excluding hydrogens is 396 g/mol. The highest BCUT2D eigenvalue weighted by Gasteiger charge is 2.60. The van der Waals surface area contributed by atoms with Gasteiger partial charge in [-0.3, -0.25) is 9.59 Å². The quantitative estimate of drug-likeness (QED) is 0.344. The summed E-state index contributed by atoms with van der Waals surface area (Å²) in [5, 5.41) is 26.6. The van der Waals surface area contributed by atoms with E-state index >= 15 is 0 Å². The number of aliphatic carboxylic acids is 1. The lowest BCUT2D eigenvalue weighted by Gasteiger charge is -2.46. The van der Waals surface area contributed by atoms with E-state index in [-0.39, 0.29) is 46.8 Å². The molecule has 0 aromatic rings. The van der Waals surface area contributed by atoms with Crippen LogP contribution in [0.2, 0.25) is 0 Å². The van der Waals surface area contributed by atoms with Gasteiger partial charge in [0.15, 0.2) is 0 Å². The zero-order valence-electron chi connectivity index (χ0n) is 16.5. The van der Waals surface area contributed by atoms with Crippen molar-refractivity contribution in [3.63, 3.8) is 0 Å². The van der Waals surface area contributed by atoms with Gasteiger partial charge in [0.05, 0.1) is 24.1 Å². The number of hydrogen-bond donors (Lipinski definition) is 5. The number of aliphatic hydroxyl groups is 1. The molecule has 3 saturated heterocycles. The molecule has 4 aliphatic heterocycles. The van der Waals surface area contributed by atoms with E-state index in [1.807, 2.05) is 6.92 Å². The monoisotopic (exact) mass is 424 g/mol. The number of carboxylic acids is 1. The molecule has 0 aromatic carbocycles. The highest BCUT2D eigenvalue weighted by molar-refractivity contribution is 8.03. The molecular formula is C19H28N4O5S. The summed E-state index contributed by atoms with van der Waals surface area (Å²) in [5.74, 6) is -2.06. The first-order valence-electron chi connectivity index (χ1n) is 10.1. The number of carbonyl (C=O) groups excluding carboxylic acids is 2. The average molecular weight is 425 g/mol. The summed E-state index contributed by atoms with van der Waals surface area (Å²) in [5.41, 5.74) is 5.47. The molecule has 4 heterocycles. The fourth-order valence-corrected chi connectivity index (χ4v) is 6.82. The summed E-state index contributed by atoms with van der Waals surface area (Å²) in [6, 6.07) is -0.313. The molecule has 0 bridgehead atoms. The molecule has 6 N–H and O–H groups in total. The predicted octanol–water partition coefficient (Wildman–Crippen LogP) is -0.933. The summed E-state index contributed by atoms with van der Waals surface area (Å²) < 4.78 is 0. The van der Waals surface area contributed by atoms with Gasteiger partial charge in [-0.25, -0.2) is 4.79 Å². The standard InChI is InChI=1S/C19H28N4O5S/c1-7-14-13(8(2)24)18(26)23(14)15(19(27)28)16(7)29-10-4-11(22-6-10)9-3-12(17(20)25)21-5-9/h7-14,21-22,24H,3-6H2,1-2H3,(H2,20,25)(H,27,28)/t7-,8-,9?,10+,11+,12?,13?,14+/m1/s1. The minimum absolute atomic E-state index is 0.0779. The number of fused-ring (bicyclic) bond motifs is 1. The number of nitrogens with zero attached hydrogens (tertiary/aromatic N) is 1. The molecule has 3 fully saturated rings. The Labute approximate surface area is 173 Å². The number of β-lactam (4-membered cyclic amide) rings is 1. The van der Waals surface area contributed by atoms with Crippen molar-refractivity contribution < 1.29 is 24.6 Å². The number of nitrogens with two attached hydrogens (primary N) is 1. The largest absolute Gasteiger partial charge is 0.477 e. The zero-order valence-corrected chi connectivity index (χ0v) is 17.3. The Morgan fingerprint density at radius 1 is 1.28 bits per heavy atom. The van der Waals surface area contributed by atoms with Crippen LogP contribution in [0.4, 0.5) is 0 Å². The van der Waals surface area contributed by atoms with Crippen LogP contribution in [0.15, 0.2) is 10.6 Å². The summed E-state index contributed by atoms with van der Waals surface area (Å²) in [4.78, 5) is 37.8. The fraction of sp³-hybridized carbons (Fsp3) is 0.737. The van der Waals surface area contributed by atoms with Crippen molar-refractivity contribution in [2.75, 3.05) is 13.1 Å². The molecule has 10 heteroatoms. The molecule has 4 aliphatic rings. The number of aliphatic hydroxyl groups excluding tert-OH is 1. The average Bonchev–Trinajstić information content (AvgIpc) is 3.33. The van der Waals surface area contributed by atoms with Crippen LogP contribution in [0.25, 0.3) is 0 Å². The molecule has 0 aromatic heterocycles. The molecule has 160 valence electrons. The normalized spacial score (nSPS) is 40.2. The van der Waals surface area contributed by atoms with Crippen molar-refractivity contribution in [2.24, 2.45) is 23.5 Å². The maximum absolute atomic E-state index is 12.4. The van der Waals surface area contributed by atoms with Crippen LogP contribution >= 0.6 is 11.8 Å². The van der Waals surface area contributed by atoms with Crippen molar-refractivity contribution in [1.29, 1.82) is 0 Å². The van der Waals surface area contributed by atoms with Crippen LogP contribution in [0.5, 0.6) is 0 Å². The van der Waals surface area contributed by atoms with Crippen molar-refractivity contribution in [2.45, 2.75) is 56.2 Å². The number of carboxylic acid groups (broad SMARTS) is 1. The van der Waals surface area contributed by atoms with Crippen molar-refractivity contribution in [3.8, 4) is 0 Å². The maximum atomic E-state index is 12.4. The number of carbonyl (C=O) groups is 3. The van der Waals surface area contributed by atoms with Crippen LogP contribution in [-0.4, -0.2) is 75.5 Å². The lowest BCUT2D eigenvalue weighted by atomic mass is 9.79. The minimum atomic E-state index is -1.09. The van der Waals surface area contributed by atoms with E-state index in [1.165, 1.54) is 4.90 Å². The second kappa shape index (κ2) is 7.57. The predicted molar refractivity (Wildman–Crippen MR) is 107 cm³/mol. The highest BCUT2D eigenvalue weighted by Crippen LogP contribution is 2.52. The number of amides is 2. The fourth-order valence-electron chi connectivity index (χ4n) is 5.33. The number of primary amides is 1. The third-order valence-electron chi connectivity index (χ3n) is 6.81. The van der Waals surface area contributed by atoms with Crippen molar-refractivity contribution in [1.82, 2.24) is 15.5 Å². The van der Waals surface area contributed by atoms with Gasteiger partial charge in [0, 0.05) is 35.2 Å². The molecule has 0 aliphatic carbocycles. The van der Waals surface area contributed by atoms with Crippen molar-refractivity contribution >= 4 is 29.5 Å². The van der Waals surface area contributed by atoms with Crippen LogP contribution < -0.4 is 16.4 Å². The lowest BCUT2D eigenvalue weighted by molar-refractivity contribution is -0.163. The second-order valence-corrected chi connectivity index (χ2v) is 9.96. The molecule has 2 amide bonds. The number of nitrogens with one attached hydrogen (secondary N) is 2. The van der Waals surface area contributed by atoms with Gasteiger partial charge < -0.3 is 31.5 Å². The molecule has 29 heavy (non-hydrogen) atoms. The van der Waals surface area contributed by atoms with Gasteiger partial charge in [0.2, 0.25) is 11.8 Å². The smallest absolute Gasteiger partial charge is 0.353 e. The number of hydrogen-bond acceptors (Lipinski definition) is 7. The van der Waals surface area contributed by atoms with Gasteiger partial charge in [-0.15, -0.1) is 11.8 Å². The summed E-state index contributed by atoms with van der Waals surface area (Å²) >= 11 is 1.54. The number of rotatable bonds is 6. The molecule has 3 unspecified atom stereocenters. The van der Waals surface area contributed by atoms with Crippen LogP contribution in [0.1, 0.15) is 26.7 Å². The van der Waals surface area contributed by atoms with Gasteiger partial charge in [0.1, 0.15) is 5.70 Å².